The molecule has 1 N–H and O–H groups in total. The largest absolute Gasteiger partial charge is 0.310 e. The Hall–Kier alpha value is -0.890. The maximum atomic E-state index is 13.2. The zero-order chi connectivity index (χ0) is 12.8. The fourth-order valence-corrected chi connectivity index (χ4v) is 5.20. The first-order valence-corrected chi connectivity index (χ1v) is 7.79. The molecule has 5 atom stereocenters. The van der Waals surface area contributed by atoms with E-state index in [1.165, 1.54) is 38.2 Å². The molecule has 5 unspecified atom stereocenters. The normalized spacial score (nSPS) is 39.7. The Morgan fingerprint density at radius 2 is 2.00 bits per heavy atom. The highest BCUT2D eigenvalue weighted by atomic mass is 19.1. The molecule has 2 heteroatoms. The van der Waals surface area contributed by atoms with Crippen LogP contribution in [0.25, 0.3) is 0 Å². The van der Waals surface area contributed by atoms with Crippen LogP contribution in [0.15, 0.2) is 24.3 Å². The van der Waals surface area contributed by atoms with Crippen molar-refractivity contribution in [3.8, 4) is 0 Å². The molecule has 2 bridgehead atoms. The van der Waals surface area contributed by atoms with Crippen molar-refractivity contribution in [2.45, 2.75) is 44.7 Å². The molecule has 3 aliphatic carbocycles. The van der Waals surface area contributed by atoms with Crippen LogP contribution in [0.5, 0.6) is 0 Å². The van der Waals surface area contributed by atoms with E-state index in [4.69, 9.17) is 0 Å². The van der Waals surface area contributed by atoms with Crippen molar-refractivity contribution >= 4 is 0 Å². The zero-order valence-electron chi connectivity index (χ0n) is 11.3. The summed E-state index contributed by atoms with van der Waals surface area (Å²) in [5, 5.41) is 3.70. The highest BCUT2D eigenvalue weighted by Crippen LogP contribution is 2.58. The molecule has 102 valence electrons. The van der Waals surface area contributed by atoms with Crippen LogP contribution in [0.3, 0.4) is 0 Å². The first kappa shape index (κ1) is 11.9. The molecular weight excluding hydrogens is 237 g/mol. The van der Waals surface area contributed by atoms with Gasteiger partial charge >= 0.3 is 0 Å². The number of fused-ring (bicyclic) bond motifs is 5. The van der Waals surface area contributed by atoms with Gasteiger partial charge in [-0.25, -0.2) is 4.39 Å². The van der Waals surface area contributed by atoms with E-state index in [0.29, 0.717) is 6.04 Å². The topological polar surface area (TPSA) is 12.0 Å². The second-order valence-corrected chi connectivity index (χ2v) is 6.77. The number of hydrogen-bond acceptors (Lipinski definition) is 1. The minimum Gasteiger partial charge on any atom is -0.310 e. The number of nitrogens with one attached hydrogen (secondary N) is 1. The minimum absolute atomic E-state index is 0.122. The average molecular weight is 259 g/mol. The smallest absolute Gasteiger partial charge is 0.123 e. The number of rotatable bonds is 3. The average Bonchev–Trinajstić information content (AvgIpc) is 3.08. The van der Waals surface area contributed by atoms with Gasteiger partial charge in [0, 0.05) is 12.6 Å². The van der Waals surface area contributed by atoms with Crippen molar-refractivity contribution in [1.29, 1.82) is 0 Å². The van der Waals surface area contributed by atoms with E-state index >= 15 is 0 Å². The summed E-state index contributed by atoms with van der Waals surface area (Å²) in [4.78, 5) is 0. The quantitative estimate of drug-likeness (QED) is 0.872. The molecule has 0 heterocycles. The van der Waals surface area contributed by atoms with Crippen molar-refractivity contribution in [3.63, 3.8) is 0 Å². The van der Waals surface area contributed by atoms with E-state index in [9.17, 15) is 4.39 Å². The first-order chi connectivity index (χ1) is 9.31. The van der Waals surface area contributed by atoms with Crippen LogP contribution in [0.1, 0.15) is 37.7 Å². The first-order valence-electron chi connectivity index (χ1n) is 7.79. The van der Waals surface area contributed by atoms with Crippen molar-refractivity contribution < 1.29 is 4.39 Å². The molecule has 1 aromatic carbocycles. The van der Waals surface area contributed by atoms with E-state index in [0.717, 1.165) is 35.8 Å². The number of benzene rings is 1. The maximum Gasteiger partial charge on any atom is 0.123 e. The molecule has 3 aliphatic rings. The molecule has 0 spiro atoms. The predicted octanol–water partition coefficient (Wildman–Crippen LogP) is 3.74. The van der Waals surface area contributed by atoms with E-state index in [-0.39, 0.29) is 5.82 Å². The highest BCUT2D eigenvalue weighted by Gasteiger charge is 2.53. The van der Waals surface area contributed by atoms with Crippen molar-refractivity contribution in [1.82, 2.24) is 5.32 Å². The SMILES string of the molecule is Fc1cccc(CNC2CC3CC2C2CCCC32)c1. The summed E-state index contributed by atoms with van der Waals surface area (Å²) < 4.78 is 13.2. The van der Waals surface area contributed by atoms with Crippen LogP contribution in [0, 0.1) is 29.5 Å². The van der Waals surface area contributed by atoms with Crippen LogP contribution in [0.2, 0.25) is 0 Å². The van der Waals surface area contributed by atoms with Gasteiger partial charge in [0.1, 0.15) is 5.82 Å². The summed E-state index contributed by atoms with van der Waals surface area (Å²) in [6.45, 7) is 0.822. The molecule has 0 aliphatic heterocycles. The second-order valence-electron chi connectivity index (χ2n) is 6.77. The third-order valence-electron chi connectivity index (χ3n) is 5.89. The van der Waals surface area contributed by atoms with Crippen LogP contribution in [0.4, 0.5) is 4.39 Å². The molecule has 19 heavy (non-hydrogen) atoms. The number of halogens is 1. The Morgan fingerprint density at radius 3 is 2.89 bits per heavy atom. The van der Waals surface area contributed by atoms with Gasteiger partial charge in [-0.15, -0.1) is 0 Å². The predicted molar refractivity (Wildman–Crippen MR) is 74.1 cm³/mol. The Morgan fingerprint density at radius 1 is 1.11 bits per heavy atom. The lowest BCUT2D eigenvalue weighted by Gasteiger charge is -2.32. The fraction of sp³-hybridized carbons (Fsp3) is 0.647. The van der Waals surface area contributed by atoms with Gasteiger partial charge in [-0.05, 0) is 67.1 Å². The number of hydrogen-bond donors (Lipinski definition) is 1. The molecule has 4 rings (SSSR count). The van der Waals surface area contributed by atoms with Crippen LogP contribution in [-0.2, 0) is 6.54 Å². The Kier molecular flexibility index (Phi) is 2.87. The van der Waals surface area contributed by atoms with Crippen LogP contribution >= 0.6 is 0 Å². The maximum absolute atomic E-state index is 13.2. The summed E-state index contributed by atoms with van der Waals surface area (Å²) in [6.07, 6.45) is 7.22. The van der Waals surface area contributed by atoms with Gasteiger partial charge in [0.05, 0.1) is 0 Å². The zero-order valence-corrected chi connectivity index (χ0v) is 11.3. The molecule has 0 saturated heterocycles. The highest BCUT2D eigenvalue weighted by molar-refractivity contribution is 5.16. The molecule has 0 aromatic heterocycles. The lowest BCUT2D eigenvalue weighted by Crippen LogP contribution is -2.38. The third kappa shape index (κ3) is 2.01. The van der Waals surface area contributed by atoms with Crippen molar-refractivity contribution in [2.75, 3.05) is 0 Å². The molecule has 3 fully saturated rings. The molecule has 3 saturated carbocycles. The van der Waals surface area contributed by atoms with E-state index in [2.05, 4.69) is 5.32 Å². The van der Waals surface area contributed by atoms with Gasteiger partial charge in [0.2, 0.25) is 0 Å². The molecule has 1 aromatic rings. The molecule has 0 radical (unpaired) electrons. The standard InChI is InChI=1S/C17H22FN/c18-13-4-1-3-11(7-13)10-19-17-9-12-8-16(17)15-6-2-5-14(12)15/h1,3-4,7,12,14-17,19H,2,5-6,8-10H2. The molecule has 0 amide bonds. The summed E-state index contributed by atoms with van der Waals surface area (Å²) in [7, 11) is 0. The summed E-state index contributed by atoms with van der Waals surface area (Å²) in [6, 6.07) is 7.68. The summed E-state index contributed by atoms with van der Waals surface area (Å²) >= 11 is 0. The minimum atomic E-state index is -0.122. The Labute approximate surface area is 114 Å². The summed E-state index contributed by atoms with van der Waals surface area (Å²) in [5.41, 5.74) is 1.07. The Balaban J connectivity index is 1.40. The van der Waals surface area contributed by atoms with Crippen molar-refractivity contribution in [2.24, 2.45) is 23.7 Å². The molecule has 1 nitrogen and oxygen atoms in total. The van der Waals surface area contributed by atoms with Gasteiger partial charge in [-0.1, -0.05) is 18.6 Å². The fourth-order valence-electron chi connectivity index (χ4n) is 5.20. The van der Waals surface area contributed by atoms with Gasteiger partial charge in [-0.2, -0.15) is 0 Å². The van der Waals surface area contributed by atoms with Gasteiger partial charge < -0.3 is 5.32 Å². The van der Waals surface area contributed by atoms with Gasteiger partial charge in [-0.3, -0.25) is 0 Å². The second kappa shape index (κ2) is 4.59. The van der Waals surface area contributed by atoms with Crippen LogP contribution < -0.4 is 5.32 Å². The lowest BCUT2D eigenvalue weighted by molar-refractivity contribution is 0.208. The molecular formula is C17H22FN. The van der Waals surface area contributed by atoms with E-state index < -0.39 is 0 Å². The van der Waals surface area contributed by atoms with E-state index in [1.807, 2.05) is 6.07 Å². The van der Waals surface area contributed by atoms with Crippen LogP contribution in [-0.4, -0.2) is 6.04 Å². The van der Waals surface area contributed by atoms with Gasteiger partial charge in [0.25, 0.3) is 0 Å². The Bertz CT molecular complexity index is 472. The monoisotopic (exact) mass is 259 g/mol. The third-order valence-corrected chi connectivity index (χ3v) is 5.89. The lowest BCUT2D eigenvalue weighted by atomic mass is 9.79. The van der Waals surface area contributed by atoms with Gasteiger partial charge in [0.15, 0.2) is 0 Å². The van der Waals surface area contributed by atoms with E-state index in [1.54, 1.807) is 12.1 Å². The summed E-state index contributed by atoms with van der Waals surface area (Å²) in [5.74, 6) is 3.83. The van der Waals surface area contributed by atoms with Crippen molar-refractivity contribution in [3.05, 3.63) is 35.6 Å².